The molecule has 4 rings (SSSR count). The minimum Gasteiger partial charge on any atom is -0.451 e. The number of carbonyl (C=O) groups is 1. The summed E-state index contributed by atoms with van der Waals surface area (Å²) in [5, 5.41) is 8.18. The van der Waals surface area contributed by atoms with Crippen molar-refractivity contribution in [1.82, 2.24) is 10.6 Å². The van der Waals surface area contributed by atoms with Crippen LogP contribution in [0.2, 0.25) is 5.02 Å². The molecule has 2 aliphatic carbocycles. The van der Waals surface area contributed by atoms with Crippen molar-refractivity contribution in [2.75, 3.05) is 7.05 Å². The van der Waals surface area contributed by atoms with E-state index in [1.807, 2.05) is 13.1 Å². The summed E-state index contributed by atoms with van der Waals surface area (Å²) in [6.45, 7) is 0. The van der Waals surface area contributed by atoms with Crippen molar-refractivity contribution in [3.63, 3.8) is 0 Å². The third-order valence-corrected chi connectivity index (χ3v) is 5.69. The molecule has 116 valence electrons. The van der Waals surface area contributed by atoms with E-state index in [-0.39, 0.29) is 17.0 Å². The van der Waals surface area contributed by atoms with E-state index in [4.69, 9.17) is 16.0 Å². The fourth-order valence-corrected chi connectivity index (χ4v) is 4.33. The Hall–Kier alpha value is -1.52. The lowest BCUT2D eigenvalue weighted by molar-refractivity contribution is 0.0874. The summed E-state index contributed by atoms with van der Waals surface area (Å²) in [5.74, 6) is 0.238. The van der Waals surface area contributed by atoms with Crippen LogP contribution in [0, 0.1) is 0 Å². The van der Waals surface area contributed by atoms with Crippen LogP contribution in [-0.2, 0) is 0 Å². The van der Waals surface area contributed by atoms with E-state index < -0.39 is 0 Å². The number of hydrogen-bond donors (Lipinski definition) is 2. The molecule has 0 atom stereocenters. The van der Waals surface area contributed by atoms with Gasteiger partial charge in [-0.25, -0.2) is 0 Å². The number of fused-ring (bicyclic) bond motifs is 3. The Balaban J connectivity index is 1.57. The summed E-state index contributed by atoms with van der Waals surface area (Å²) in [5.41, 5.74) is 0.834. The van der Waals surface area contributed by atoms with Crippen molar-refractivity contribution in [3.05, 3.63) is 35.0 Å². The average Bonchev–Trinajstić information content (AvgIpc) is 3.17. The molecule has 1 aromatic carbocycles. The molecule has 0 saturated heterocycles. The second kappa shape index (κ2) is 4.74. The first-order chi connectivity index (χ1) is 10.5. The van der Waals surface area contributed by atoms with E-state index >= 15 is 0 Å². The highest BCUT2D eigenvalue weighted by Crippen LogP contribution is 2.50. The summed E-state index contributed by atoms with van der Waals surface area (Å²) < 4.78 is 5.66. The standard InChI is InChI=1S/C17H19ClN2O2/c1-19-16-4-6-17(10-16,7-5-16)20-15(21)14-9-11-8-12(18)2-3-13(11)22-14/h2-3,8-9,19H,4-7,10H2,1H3,(H,20,21). The first-order valence-electron chi connectivity index (χ1n) is 7.74. The number of nitrogens with one attached hydrogen (secondary N) is 2. The van der Waals surface area contributed by atoms with E-state index in [0.29, 0.717) is 16.4 Å². The predicted molar refractivity (Wildman–Crippen MR) is 86.3 cm³/mol. The summed E-state index contributed by atoms with van der Waals surface area (Å²) in [6, 6.07) is 7.14. The maximum atomic E-state index is 12.6. The maximum Gasteiger partial charge on any atom is 0.287 e. The molecule has 1 amide bonds. The van der Waals surface area contributed by atoms with Gasteiger partial charge in [0.1, 0.15) is 5.58 Å². The Kier molecular flexibility index (Phi) is 3.03. The Morgan fingerprint density at radius 3 is 2.59 bits per heavy atom. The van der Waals surface area contributed by atoms with Crippen LogP contribution >= 0.6 is 11.6 Å². The number of benzene rings is 1. The highest BCUT2D eigenvalue weighted by atomic mass is 35.5. The highest BCUT2D eigenvalue weighted by molar-refractivity contribution is 6.31. The van der Waals surface area contributed by atoms with Gasteiger partial charge in [0.2, 0.25) is 0 Å². The average molecular weight is 319 g/mol. The van der Waals surface area contributed by atoms with E-state index in [1.54, 1.807) is 18.2 Å². The van der Waals surface area contributed by atoms with Gasteiger partial charge in [0.05, 0.1) is 0 Å². The number of furan rings is 1. The van der Waals surface area contributed by atoms with Crippen molar-refractivity contribution in [1.29, 1.82) is 0 Å². The lowest BCUT2D eigenvalue weighted by Crippen LogP contribution is -2.45. The fraction of sp³-hybridized carbons (Fsp3) is 0.471. The summed E-state index contributed by atoms with van der Waals surface area (Å²) in [7, 11) is 2.02. The van der Waals surface area contributed by atoms with Crippen LogP contribution < -0.4 is 10.6 Å². The van der Waals surface area contributed by atoms with Crippen molar-refractivity contribution >= 4 is 28.5 Å². The Labute approximate surface area is 134 Å². The quantitative estimate of drug-likeness (QED) is 0.911. The SMILES string of the molecule is CNC12CCC(NC(=O)c3cc4cc(Cl)ccc4o3)(CC1)C2. The predicted octanol–water partition coefficient (Wildman–Crippen LogP) is 3.49. The van der Waals surface area contributed by atoms with Crippen molar-refractivity contribution in [3.8, 4) is 0 Å². The third-order valence-electron chi connectivity index (χ3n) is 5.45. The molecular formula is C17H19ClN2O2. The number of hydrogen-bond acceptors (Lipinski definition) is 3. The number of rotatable bonds is 3. The van der Waals surface area contributed by atoms with Gasteiger partial charge >= 0.3 is 0 Å². The number of carbonyl (C=O) groups excluding carboxylic acids is 1. The molecule has 5 heteroatoms. The van der Waals surface area contributed by atoms with Crippen LogP contribution in [0.25, 0.3) is 11.0 Å². The van der Waals surface area contributed by atoms with E-state index in [1.165, 1.54) is 0 Å². The maximum absolute atomic E-state index is 12.6. The molecule has 2 N–H and O–H groups in total. The topological polar surface area (TPSA) is 54.3 Å². The largest absolute Gasteiger partial charge is 0.451 e. The van der Waals surface area contributed by atoms with Crippen LogP contribution in [0.5, 0.6) is 0 Å². The number of halogens is 1. The Morgan fingerprint density at radius 2 is 1.91 bits per heavy atom. The van der Waals surface area contributed by atoms with Crippen LogP contribution in [0.4, 0.5) is 0 Å². The Bertz CT molecular complexity index is 744. The van der Waals surface area contributed by atoms with Gasteiger partial charge in [-0.3, -0.25) is 4.79 Å². The molecule has 0 radical (unpaired) electrons. The lowest BCUT2D eigenvalue weighted by Gasteiger charge is -2.28. The molecule has 4 nitrogen and oxygen atoms in total. The summed E-state index contributed by atoms with van der Waals surface area (Å²) in [4.78, 5) is 12.6. The minimum atomic E-state index is -0.124. The van der Waals surface area contributed by atoms with Crippen molar-refractivity contribution in [2.24, 2.45) is 0 Å². The zero-order valence-corrected chi connectivity index (χ0v) is 13.3. The smallest absolute Gasteiger partial charge is 0.287 e. The molecule has 22 heavy (non-hydrogen) atoms. The van der Waals surface area contributed by atoms with E-state index in [0.717, 1.165) is 37.5 Å². The van der Waals surface area contributed by atoms with Crippen LogP contribution in [0.15, 0.2) is 28.7 Å². The molecule has 0 unspecified atom stereocenters. The molecule has 2 saturated carbocycles. The zero-order chi connectivity index (χ0) is 15.4. The second-order valence-corrected chi connectivity index (χ2v) is 7.17. The molecule has 1 aromatic heterocycles. The van der Waals surface area contributed by atoms with Crippen molar-refractivity contribution < 1.29 is 9.21 Å². The van der Waals surface area contributed by atoms with Gasteiger partial charge in [-0.1, -0.05) is 11.6 Å². The zero-order valence-electron chi connectivity index (χ0n) is 12.5. The Morgan fingerprint density at radius 1 is 1.18 bits per heavy atom. The van der Waals surface area contributed by atoms with Gasteiger partial charge < -0.3 is 15.1 Å². The molecule has 2 bridgehead atoms. The molecule has 0 aliphatic heterocycles. The second-order valence-electron chi connectivity index (χ2n) is 6.73. The van der Waals surface area contributed by atoms with E-state index in [2.05, 4.69) is 10.6 Å². The van der Waals surface area contributed by atoms with Gasteiger partial charge in [0, 0.05) is 21.5 Å². The van der Waals surface area contributed by atoms with Gasteiger partial charge in [0.25, 0.3) is 5.91 Å². The molecule has 2 aliphatic rings. The van der Waals surface area contributed by atoms with Gasteiger partial charge in [0.15, 0.2) is 5.76 Å². The van der Waals surface area contributed by atoms with Crippen LogP contribution in [0.3, 0.4) is 0 Å². The fourth-order valence-electron chi connectivity index (χ4n) is 4.14. The highest BCUT2D eigenvalue weighted by Gasteiger charge is 2.54. The monoisotopic (exact) mass is 318 g/mol. The van der Waals surface area contributed by atoms with Crippen LogP contribution in [0.1, 0.15) is 42.7 Å². The molecule has 2 fully saturated rings. The minimum absolute atomic E-state index is 0.0727. The molecule has 1 heterocycles. The molecule has 2 aromatic rings. The van der Waals surface area contributed by atoms with Gasteiger partial charge in [-0.2, -0.15) is 0 Å². The molecule has 0 spiro atoms. The first-order valence-corrected chi connectivity index (χ1v) is 8.12. The summed E-state index contributed by atoms with van der Waals surface area (Å²) >= 11 is 5.98. The van der Waals surface area contributed by atoms with Crippen LogP contribution in [-0.4, -0.2) is 24.0 Å². The van der Waals surface area contributed by atoms with Gasteiger partial charge in [-0.05, 0) is 63.4 Å². The molecular weight excluding hydrogens is 300 g/mol. The van der Waals surface area contributed by atoms with Crippen molar-refractivity contribution in [2.45, 2.75) is 43.2 Å². The van der Waals surface area contributed by atoms with E-state index in [9.17, 15) is 4.79 Å². The lowest BCUT2D eigenvalue weighted by atomic mass is 9.91. The number of amides is 1. The summed E-state index contributed by atoms with van der Waals surface area (Å²) in [6.07, 6.45) is 5.32. The first kappa shape index (κ1) is 14.1. The third kappa shape index (κ3) is 2.13. The van der Waals surface area contributed by atoms with Gasteiger partial charge in [-0.15, -0.1) is 0 Å². The normalized spacial score (nSPS) is 30.1.